The first-order chi connectivity index (χ1) is 9.68. The molecule has 3 rings (SSSR count). The van der Waals surface area contributed by atoms with Crippen molar-refractivity contribution in [1.29, 1.82) is 0 Å². The van der Waals surface area contributed by atoms with Crippen LogP contribution >= 0.6 is 0 Å². The summed E-state index contributed by atoms with van der Waals surface area (Å²) in [4.78, 5) is 6.81. The van der Waals surface area contributed by atoms with Gasteiger partial charge in [-0.25, -0.2) is 0 Å². The molecule has 20 heavy (non-hydrogen) atoms. The van der Waals surface area contributed by atoms with E-state index in [0.717, 1.165) is 44.0 Å². The zero-order valence-electron chi connectivity index (χ0n) is 11.7. The van der Waals surface area contributed by atoms with E-state index in [4.69, 9.17) is 10.3 Å². The molecule has 106 valence electrons. The van der Waals surface area contributed by atoms with Crippen molar-refractivity contribution >= 4 is 0 Å². The summed E-state index contributed by atoms with van der Waals surface area (Å²) in [5.74, 6) is 1.33. The molecule has 0 bridgehead atoms. The highest BCUT2D eigenvalue weighted by molar-refractivity contribution is 5.51. The number of benzene rings is 1. The lowest BCUT2D eigenvalue weighted by atomic mass is 9.90. The summed E-state index contributed by atoms with van der Waals surface area (Å²) < 4.78 is 5.33. The number of nitrogens with two attached hydrogens (primary N) is 1. The standard InChI is InChI=1S/C15H20N4O/c1-15(10-16)7-8-19(11-15)9-13-17-14(20-18-13)12-5-3-2-4-6-12/h2-6H,7-11,16H2,1H3. The molecule has 1 aliphatic rings. The van der Waals surface area contributed by atoms with Crippen molar-refractivity contribution < 1.29 is 4.52 Å². The highest BCUT2D eigenvalue weighted by Gasteiger charge is 2.32. The maximum Gasteiger partial charge on any atom is 0.257 e. The predicted octanol–water partition coefficient (Wildman–Crippen LogP) is 1.91. The van der Waals surface area contributed by atoms with Crippen LogP contribution in [0.4, 0.5) is 0 Å². The lowest BCUT2D eigenvalue weighted by Gasteiger charge is -2.21. The first kappa shape index (κ1) is 13.3. The first-order valence-electron chi connectivity index (χ1n) is 6.99. The summed E-state index contributed by atoms with van der Waals surface area (Å²) in [5, 5.41) is 4.07. The average molecular weight is 272 g/mol. The number of nitrogens with zero attached hydrogens (tertiary/aromatic N) is 3. The zero-order chi connectivity index (χ0) is 14.0. The second-order valence-corrected chi connectivity index (χ2v) is 5.86. The van der Waals surface area contributed by atoms with Crippen LogP contribution in [0.5, 0.6) is 0 Å². The van der Waals surface area contributed by atoms with Gasteiger partial charge in [0.15, 0.2) is 5.82 Å². The Labute approximate surface area is 118 Å². The summed E-state index contributed by atoms with van der Waals surface area (Å²) in [7, 11) is 0. The highest BCUT2D eigenvalue weighted by atomic mass is 16.5. The minimum Gasteiger partial charge on any atom is -0.334 e. The van der Waals surface area contributed by atoms with Crippen molar-refractivity contribution in [3.05, 3.63) is 36.2 Å². The molecule has 1 fully saturated rings. The maximum absolute atomic E-state index is 5.83. The quantitative estimate of drug-likeness (QED) is 0.920. The number of hydrogen-bond donors (Lipinski definition) is 1. The van der Waals surface area contributed by atoms with Crippen molar-refractivity contribution in [2.45, 2.75) is 19.9 Å². The lowest BCUT2D eigenvalue weighted by molar-refractivity contribution is 0.265. The Balaban J connectivity index is 1.67. The van der Waals surface area contributed by atoms with Crippen LogP contribution in [0.25, 0.3) is 11.5 Å². The lowest BCUT2D eigenvalue weighted by Crippen LogP contribution is -2.31. The van der Waals surface area contributed by atoms with Crippen LogP contribution in [0.3, 0.4) is 0 Å². The molecule has 1 aliphatic heterocycles. The maximum atomic E-state index is 5.83. The van der Waals surface area contributed by atoms with Crippen LogP contribution in [0, 0.1) is 5.41 Å². The van der Waals surface area contributed by atoms with Gasteiger partial charge in [-0.05, 0) is 37.1 Å². The van der Waals surface area contributed by atoms with E-state index in [-0.39, 0.29) is 5.41 Å². The average Bonchev–Trinajstić information content (AvgIpc) is 3.08. The molecule has 2 N–H and O–H groups in total. The van der Waals surface area contributed by atoms with Gasteiger partial charge in [-0.3, -0.25) is 4.90 Å². The summed E-state index contributed by atoms with van der Waals surface area (Å²) in [5.41, 5.74) is 7.01. The topological polar surface area (TPSA) is 68.2 Å². The summed E-state index contributed by atoms with van der Waals surface area (Å²) in [6.45, 7) is 5.73. The minimum atomic E-state index is 0.228. The third-order valence-electron chi connectivity index (χ3n) is 3.98. The Morgan fingerprint density at radius 1 is 1.35 bits per heavy atom. The Morgan fingerprint density at radius 3 is 2.85 bits per heavy atom. The molecule has 1 atom stereocenters. The van der Waals surface area contributed by atoms with E-state index in [9.17, 15) is 0 Å². The van der Waals surface area contributed by atoms with Crippen LogP contribution in [0.2, 0.25) is 0 Å². The van der Waals surface area contributed by atoms with Crippen molar-refractivity contribution in [3.8, 4) is 11.5 Å². The third kappa shape index (κ3) is 2.73. The van der Waals surface area contributed by atoms with Gasteiger partial charge in [-0.15, -0.1) is 0 Å². The molecule has 0 radical (unpaired) electrons. The third-order valence-corrected chi connectivity index (χ3v) is 3.98. The van der Waals surface area contributed by atoms with Crippen molar-refractivity contribution in [3.63, 3.8) is 0 Å². The van der Waals surface area contributed by atoms with Gasteiger partial charge in [0, 0.05) is 12.1 Å². The van der Waals surface area contributed by atoms with Gasteiger partial charge in [-0.1, -0.05) is 30.3 Å². The van der Waals surface area contributed by atoms with Gasteiger partial charge in [0.25, 0.3) is 5.89 Å². The van der Waals surface area contributed by atoms with E-state index in [0.29, 0.717) is 5.89 Å². The zero-order valence-corrected chi connectivity index (χ0v) is 11.7. The van der Waals surface area contributed by atoms with Crippen LogP contribution in [0.15, 0.2) is 34.9 Å². The smallest absolute Gasteiger partial charge is 0.257 e. The molecule has 0 aliphatic carbocycles. The Bertz CT molecular complexity index is 568. The molecule has 2 aromatic rings. The Hall–Kier alpha value is -1.72. The van der Waals surface area contributed by atoms with Gasteiger partial charge in [0.2, 0.25) is 0 Å². The van der Waals surface area contributed by atoms with Gasteiger partial charge < -0.3 is 10.3 Å². The second kappa shape index (κ2) is 5.34. The fourth-order valence-corrected chi connectivity index (χ4v) is 2.64. The largest absolute Gasteiger partial charge is 0.334 e. The first-order valence-corrected chi connectivity index (χ1v) is 6.99. The van der Waals surface area contributed by atoms with Gasteiger partial charge in [0.05, 0.1) is 6.54 Å². The SMILES string of the molecule is CC1(CN)CCN(Cc2noc(-c3ccccc3)n2)C1. The predicted molar refractivity (Wildman–Crippen MR) is 76.8 cm³/mol. The summed E-state index contributed by atoms with van der Waals surface area (Å²) >= 11 is 0. The molecule has 1 aromatic heterocycles. The number of aromatic nitrogens is 2. The van der Waals surface area contributed by atoms with Crippen molar-refractivity contribution in [2.75, 3.05) is 19.6 Å². The minimum absolute atomic E-state index is 0.228. The van der Waals surface area contributed by atoms with E-state index in [1.807, 2.05) is 30.3 Å². The molecule has 1 aromatic carbocycles. The van der Waals surface area contributed by atoms with E-state index >= 15 is 0 Å². The molecule has 1 saturated heterocycles. The van der Waals surface area contributed by atoms with Crippen LogP contribution < -0.4 is 5.73 Å². The highest BCUT2D eigenvalue weighted by Crippen LogP contribution is 2.29. The van der Waals surface area contributed by atoms with E-state index < -0.39 is 0 Å². The normalized spacial score (nSPS) is 23.3. The van der Waals surface area contributed by atoms with Gasteiger partial charge in [-0.2, -0.15) is 4.98 Å². The number of hydrogen-bond acceptors (Lipinski definition) is 5. The summed E-state index contributed by atoms with van der Waals surface area (Å²) in [6, 6.07) is 9.84. The Kier molecular flexibility index (Phi) is 3.54. The number of likely N-dealkylation sites (tertiary alicyclic amines) is 1. The number of rotatable bonds is 4. The molecule has 5 nitrogen and oxygen atoms in total. The van der Waals surface area contributed by atoms with Crippen molar-refractivity contribution in [2.24, 2.45) is 11.1 Å². The van der Waals surface area contributed by atoms with Gasteiger partial charge >= 0.3 is 0 Å². The molecule has 0 amide bonds. The van der Waals surface area contributed by atoms with Crippen LogP contribution in [0.1, 0.15) is 19.2 Å². The molecular formula is C15H20N4O. The van der Waals surface area contributed by atoms with E-state index in [2.05, 4.69) is 22.0 Å². The van der Waals surface area contributed by atoms with E-state index in [1.165, 1.54) is 0 Å². The summed E-state index contributed by atoms with van der Waals surface area (Å²) in [6.07, 6.45) is 1.13. The molecule has 2 heterocycles. The van der Waals surface area contributed by atoms with Crippen LogP contribution in [-0.4, -0.2) is 34.7 Å². The molecule has 1 unspecified atom stereocenters. The van der Waals surface area contributed by atoms with Crippen molar-refractivity contribution in [1.82, 2.24) is 15.0 Å². The molecule has 0 saturated carbocycles. The fraction of sp³-hybridized carbons (Fsp3) is 0.467. The Morgan fingerprint density at radius 2 is 2.15 bits per heavy atom. The fourth-order valence-electron chi connectivity index (χ4n) is 2.64. The monoisotopic (exact) mass is 272 g/mol. The van der Waals surface area contributed by atoms with Crippen LogP contribution in [-0.2, 0) is 6.54 Å². The molecular weight excluding hydrogens is 252 g/mol. The second-order valence-electron chi connectivity index (χ2n) is 5.86. The molecule has 0 spiro atoms. The van der Waals surface area contributed by atoms with Gasteiger partial charge in [0.1, 0.15) is 0 Å². The van der Waals surface area contributed by atoms with E-state index in [1.54, 1.807) is 0 Å². The molecule has 5 heteroatoms.